The second-order valence-corrected chi connectivity index (χ2v) is 17.1. The molecule has 2 bridgehead atoms. The van der Waals surface area contributed by atoms with Gasteiger partial charge in [0.1, 0.15) is 24.2 Å². The molecule has 14 heteroatoms. The molecule has 0 spiro atoms. The van der Waals surface area contributed by atoms with E-state index in [1.807, 2.05) is 84.9 Å². The Morgan fingerprint density at radius 2 is 1.54 bits per heavy atom. The number of piperidine rings is 3. The zero-order valence-electron chi connectivity index (χ0n) is 37.4. The average Bonchev–Trinajstić information content (AvgIpc) is 3.36. The molecule has 14 nitrogen and oxygen atoms in total. The number of nitrogens with one attached hydrogen (secondary N) is 3. The van der Waals surface area contributed by atoms with Gasteiger partial charge in [-0.05, 0) is 122 Å². The summed E-state index contributed by atoms with van der Waals surface area (Å²) in [6, 6.07) is 39.1. The summed E-state index contributed by atoms with van der Waals surface area (Å²) in [7, 11) is 0. The Labute approximate surface area is 389 Å². The van der Waals surface area contributed by atoms with Gasteiger partial charge >= 0.3 is 12.1 Å². The number of aromatic hydroxyl groups is 1. The first-order chi connectivity index (χ1) is 32.7. The molecule has 5 N–H and O–H groups in total. The van der Waals surface area contributed by atoms with E-state index in [1.54, 1.807) is 41.3 Å². The molecule has 348 valence electrons. The SMILES string of the molecule is O=C(NC(c1ccccc1)c1cccc(OCc2ccc(C(=O)OCCCN(CCCNCC(O)c3ccc(O)c4[nH]c(=O)ccc34)C(=O)c3ccccc3)cc2)c1)O[C@H]1CN2CCC1CC2. The Morgan fingerprint density at radius 3 is 2.28 bits per heavy atom. The van der Waals surface area contributed by atoms with Crippen LogP contribution in [0, 0.1) is 5.92 Å². The number of pyridine rings is 1. The van der Waals surface area contributed by atoms with Crippen molar-refractivity contribution in [2.24, 2.45) is 5.92 Å². The topological polar surface area (TPSA) is 183 Å². The van der Waals surface area contributed by atoms with Crippen molar-refractivity contribution in [2.45, 2.75) is 50.5 Å². The number of aromatic amines is 1. The molecule has 6 aromatic rings. The van der Waals surface area contributed by atoms with E-state index in [9.17, 15) is 29.4 Å². The largest absolute Gasteiger partial charge is 0.506 e. The minimum atomic E-state index is -0.903. The van der Waals surface area contributed by atoms with Gasteiger partial charge in [0.2, 0.25) is 5.56 Å². The van der Waals surface area contributed by atoms with E-state index in [0.717, 1.165) is 49.2 Å². The zero-order chi connectivity index (χ0) is 46.5. The number of amides is 2. The van der Waals surface area contributed by atoms with Crippen LogP contribution < -0.4 is 20.9 Å². The van der Waals surface area contributed by atoms with Crippen LogP contribution in [0.2, 0.25) is 0 Å². The average molecular weight is 908 g/mol. The van der Waals surface area contributed by atoms with Crippen LogP contribution in [-0.2, 0) is 16.1 Å². The maximum atomic E-state index is 13.5. The number of hydrogen-bond donors (Lipinski definition) is 5. The minimum absolute atomic E-state index is 0.0753. The molecule has 67 heavy (non-hydrogen) atoms. The maximum Gasteiger partial charge on any atom is 0.408 e. The van der Waals surface area contributed by atoms with Gasteiger partial charge in [-0.1, -0.05) is 78.9 Å². The number of aliphatic hydroxyl groups excluding tert-OH is 1. The molecule has 3 fully saturated rings. The number of esters is 1. The lowest BCUT2D eigenvalue weighted by Gasteiger charge is -2.43. The van der Waals surface area contributed by atoms with Crippen LogP contribution in [0.4, 0.5) is 4.79 Å². The summed E-state index contributed by atoms with van der Waals surface area (Å²) in [6.45, 7) is 4.81. The van der Waals surface area contributed by atoms with Crippen molar-refractivity contribution >= 4 is 28.9 Å². The first kappa shape index (κ1) is 46.5. The molecule has 4 heterocycles. The van der Waals surface area contributed by atoms with Crippen LogP contribution in [0.1, 0.15) is 80.8 Å². The molecule has 3 atom stereocenters. The van der Waals surface area contributed by atoms with Crippen LogP contribution in [0.3, 0.4) is 0 Å². The molecule has 2 amide bonds. The van der Waals surface area contributed by atoms with Crippen LogP contribution in [0.25, 0.3) is 10.9 Å². The molecular weight excluding hydrogens is 851 g/mol. The predicted molar refractivity (Wildman–Crippen MR) is 254 cm³/mol. The molecule has 0 aliphatic carbocycles. The Kier molecular flexibility index (Phi) is 15.6. The number of aromatic nitrogens is 1. The number of carbonyl (C=O) groups excluding carboxylic acids is 3. The number of fused-ring (bicyclic) bond motifs is 4. The van der Waals surface area contributed by atoms with Crippen molar-refractivity contribution in [3.8, 4) is 11.5 Å². The molecule has 3 aliphatic rings. The first-order valence-corrected chi connectivity index (χ1v) is 23.0. The molecule has 3 aliphatic heterocycles. The van der Waals surface area contributed by atoms with Gasteiger partial charge in [0.05, 0.1) is 29.8 Å². The van der Waals surface area contributed by atoms with Gasteiger partial charge in [0, 0.05) is 43.2 Å². The third kappa shape index (κ3) is 12.3. The lowest BCUT2D eigenvalue weighted by molar-refractivity contribution is -0.0336. The van der Waals surface area contributed by atoms with Crippen molar-refractivity contribution in [3.05, 3.63) is 177 Å². The summed E-state index contributed by atoms with van der Waals surface area (Å²) in [4.78, 5) is 58.3. The van der Waals surface area contributed by atoms with E-state index in [4.69, 9.17) is 14.2 Å². The van der Waals surface area contributed by atoms with E-state index < -0.39 is 24.2 Å². The second kappa shape index (κ2) is 22.5. The van der Waals surface area contributed by atoms with Crippen LogP contribution in [-0.4, -0.2) is 101 Å². The fourth-order valence-corrected chi connectivity index (χ4v) is 8.90. The second-order valence-electron chi connectivity index (χ2n) is 17.1. The molecular formula is C53H57N5O9. The smallest absolute Gasteiger partial charge is 0.408 e. The first-order valence-electron chi connectivity index (χ1n) is 23.0. The number of aliphatic hydroxyl groups is 1. The number of hydrogen-bond acceptors (Lipinski definition) is 11. The van der Waals surface area contributed by atoms with Gasteiger partial charge in [-0.25, -0.2) is 9.59 Å². The number of ether oxygens (including phenoxy) is 3. The number of carbonyl (C=O) groups is 3. The molecule has 1 aromatic heterocycles. The van der Waals surface area contributed by atoms with E-state index >= 15 is 0 Å². The Balaban J connectivity index is 0.796. The number of rotatable bonds is 20. The number of benzene rings is 5. The van der Waals surface area contributed by atoms with E-state index in [2.05, 4.69) is 20.5 Å². The summed E-state index contributed by atoms with van der Waals surface area (Å²) >= 11 is 0. The normalized spacial score (nSPS) is 17.3. The highest BCUT2D eigenvalue weighted by atomic mass is 16.6. The van der Waals surface area contributed by atoms with E-state index in [1.165, 1.54) is 12.1 Å². The maximum absolute atomic E-state index is 13.5. The van der Waals surface area contributed by atoms with Gasteiger partial charge in [-0.3, -0.25) is 14.5 Å². The highest BCUT2D eigenvalue weighted by molar-refractivity contribution is 5.94. The van der Waals surface area contributed by atoms with Gasteiger partial charge in [-0.15, -0.1) is 0 Å². The number of phenols is 1. The summed E-state index contributed by atoms with van der Waals surface area (Å²) < 4.78 is 17.8. The Morgan fingerprint density at radius 1 is 0.806 bits per heavy atom. The number of nitrogens with zero attached hydrogens (tertiary/aromatic N) is 2. The quantitative estimate of drug-likeness (QED) is 0.0389. The summed E-state index contributed by atoms with van der Waals surface area (Å²) in [5.74, 6) is 0.358. The van der Waals surface area contributed by atoms with Crippen molar-refractivity contribution in [1.82, 2.24) is 25.4 Å². The van der Waals surface area contributed by atoms with Crippen molar-refractivity contribution in [3.63, 3.8) is 0 Å². The summed E-state index contributed by atoms with van der Waals surface area (Å²) in [5, 5.41) is 28.0. The lowest BCUT2D eigenvalue weighted by atomic mass is 9.86. The van der Waals surface area contributed by atoms with Crippen LogP contribution in [0.15, 0.2) is 138 Å². The molecule has 9 rings (SSSR count). The van der Waals surface area contributed by atoms with Gasteiger partial charge in [0.25, 0.3) is 5.91 Å². The number of alkyl carbamates (subject to hydrolysis) is 1. The van der Waals surface area contributed by atoms with E-state index in [0.29, 0.717) is 66.2 Å². The third-order valence-electron chi connectivity index (χ3n) is 12.5. The zero-order valence-corrected chi connectivity index (χ0v) is 37.4. The standard InChI is InChI=1S/C53H57N5O9/c59-45-22-20-43(44-21-23-48(61)55-50(44)45)46(60)33-54-26-8-27-58(51(62)39-12-5-2-6-13-39)28-9-31-65-52(63)40-18-16-36(17-19-40)35-66-42-15-7-14-41(32-42)49(38-10-3-1-4-11-38)56-53(64)67-47-34-57-29-24-37(47)25-30-57/h1-7,10-23,32,37,46-47,49,54,59-60H,8-9,24-31,33-35H2,(H,55,61)(H,56,64)/t46?,47-,49?/m0/s1. The number of phenolic OH excluding ortho intramolecular Hbond substituents is 1. The molecule has 0 radical (unpaired) electrons. The minimum Gasteiger partial charge on any atom is -0.506 e. The Bertz CT molecular complexity index is 2650. The number of H-pyrrole nitrogens is 1. The molecule has 0 saturated carbocycles. The van der Waals surface area contributed by atoms with Gasteiger partial charge in [0.15, 0.2) is 0 Å². The fraction of sp³-hybridized carbons (Fsp3) is 0.321. The van der Waals surface area contributed by atoms with Crippen molar-refractivity contribution in [2.75, 3.05) is 52.4 Å². The van der Waals surface area contributed by atoms with Gasteiger partial charge < -0.3 is 44.9 Å². The van der Waals surface area contributed by atoms with E-state index in [-0.39, 0.29) is 48.6 Å². The highest BCUT2D eigenvalue weighted by Gasteiger charge is 2.37. The monoisotopic (exact) mass is 907 g/mol. The lowest BCUT2D eigenvalue weighted by Crippen LogP contribution is -2.52. The molecule has 3 saturated heterocycles. The third-order valence-corrected chi connectivity index (χ3v) is 12.5. The Hall–Kier alpha value is -7.00. The molecule has 5 aromatic carbocycles. The predicted octanol–water partition coefficient (Wildman–Crippen LogP) is 7.13. The van der Waals surface area contributed by atoms with Crippen LogP contribution in [0.5, 0.6) is 11.5 Å². The summed E-state index contributed by atoms with van der Waals surface area (Å²) in [5.41, 5.74) is 4.07. The summed E-state index contributed by atoms with van der Waals surface area (Å²) in [6.07, 6.45) is 1.70. The molecule has 2 unspecified atom stereocenters. The fourth-order valence-electron chi connectivity index (χ4n) is 8.90. The van der Waals surface area contributed by atoms with Crippen molar-refractivity contribution < 1.29 is 38.8 Å². The van der Waals surface area contributed by atoms with Crippen LogP contribution >= 0.6 is 0 Å². The highest BCUT2D eigenvalue weighted by Crippen LogP contribution is 2.32. The van der Waals surface area contributed by atoms with Gasteiger partial charge in [-0.2, -0.15) is 0 Å². The van der Waals surface area contributed by atoms with Crippen molar-refractivity contribution in [1.29, 1.82) is 0 Å².